The Morgan fingerprint density at radius 1 is 0.851 bits per heavy atom. The number of nitrogens with one attached hydrogen (secondary N) is 1. The Kier molecular flexibility index (Phi) is 11.3. The van der Waals surface area contributed by atoms with Gasteiger partial charge in [-0.25, -0.2) is 8.42 Å². The molecule has 246 valence electrons. The third-order valence-corrected chi connectivity index (χ3v) is 11.2. The highest BCUT2D eigenvalue weighted by Crippen LogP contribution is 2.36. The quantitative estimate of drug-likeness (QED) is 0.167. The zero-order chi connectivity index (χ0) is 33.6. The summed E-state index contributed by atoms with van der Waals surface area (Å²) in [6.45, 7) is 3.30. The molecule has 1 aliphatic carbocycles. The molecule has 0 heterocycles. The first-order chi connectivity index (χ1) is 22.5. The first-order valence-electron chi connectivity index (χ1n) is 15.8. The van der Waals surface area contributed by atoms with E-state index in [4.69, 9.17) is 23.2 Å². The fourth-order valence-electron chi connectivity index (χ4n) is 5.93. The van der Waals surface area contributed by atoms with Crippen molar-refractivity contribution in [1.82, 2.24) is 10.2 Å². The number of benzene rings is 4. The molecular formula is C37H39Cl2N3O4S. The van der Waals surface area contributed by atoms with Crippen LogP contribution in [0.4, 0.5) is 5.69 Å². The Morgan fingerprint density at radius 2 is 1.51 bits per heavy atom. The van der Waals surface area contributed by atoms with Crippen molar-refractivity contribution in [3.8, 4) is 0 Å². The van der Waals surface area contributed by atoms with Crippen LogP contribution in [0, 0.1) is 13.8 Å². The molecule has 0 bridgehead atoms. The second kappa shape index (κ2) is 15.4. The summed E-state index contributed by atoms with van der Waals surface area (Å²) < 4.78 is 29.5. The number of amides is 2. The van der Waals surface area contributed by atoms with Gasteiger partial charge in [-0.15, -0.1) is 0 Å². The minimum absolute atomic E-state index is 0.00259. The molecule has 0 unspecified atom stereocenters. The third-order valence-electron chi connectivity index (χ3n) is 8.66. The minimum atomic E-state index is -4.30. The molecule has 7 nitrogen and oxygen atoms in total. The Bertz CT molecular complexity index is 1810. The SMILES string of the molecule is Cc1ccc(S(=O)(=O)N(CC(=O)N(Cc2ccccc2C)[C@H](Cc2ccccc2)C(=O)NC2CCCC2)c2cccc(Cl)c2Cl)cc1. The summed E-state index contributed by atoms with van der Waals surface area (Å²) in [4.78, 5) is 30.4. The summed E-state index contributed by atoms with van der Waals surface area (Å²) >= 11 is 13.0. The van der Waals surface area contributed by atoms with Gasteiger partial charge in [0.2, 0.25) is 11.8 Å². The van der Waals surface area contributed by atoms with Crippen LogP contribution in [0.25, 0.3) is 0 Å². The predicted molar refractivity (Wildman–Crippen MR) is 188 cm³/mol. The first kappa shape index (κ1) is 34.5. The van der Waals surface area contributed by atoms with Gasteiger partial charge in [-0.3, -0.25) is 13.9 Å². The van der Waals surface area contributed by atoms with E-state index in [2.05, 4.69) is 5.32 Å². The van der Waals surface area contributed by atoms with Crippen LogP contribution in [0.1, 0.15) is 47.9 Å². The van der Waals surface area contributed by atoms with E-state index in [0.29, 0.717) is 0 Å². The lowest BCUT2D eigenvalue weighted by molar-refractivity contribution is -0.140. The second-order valence-electron chi connectivity index (χ2n) is 12.0. The number of aryl methyl sites for hydroxylation is 2. The molecule has 0 aromatic heterocycles. The number of hydrogen-bond acceptors (Lipinski definition) is 4. The predicted octanol–water partition coefficient (Wildman–Crippen LogP) is 7.50. The minimum Gasteiger partial charge on any atom is -0.352 e. The van der Waals surface area contributed by atoms with Crippen molar-refractivity contribution in [3.05, 3.63) is 129 Å². The van der Waals surface area contributed by atoms with Crippen LogP contribution in [0.15, 0.2) is 102 Å². The van der Waals surface area contributed by atoms with Gasteiger partial charge in [-0.05, 0) is 67.6 Å². The van der Waals surface area contributed by atoms with Gasteiger partial charge in [0.25, 0.3) is 10.0 Å². The van der Waals surface area contributed by atoms with Crippen molar-refractivity contribution < 1.29 is 18.0 Å². The molecule has 0 radical (unpaired) electrons. The summed E-state index contributed by atoms with van der Waals surface area (Å²) in [6, 6.07) is 27.4. The molecule has 47 heavy (non-hydrogen) atoms. The number of hydrogen-bond donors (Lipinski definition) is 1. The van der Waals surface area contributed by atoms with Crippen LogP contribution in [-0.4, -0.2) is 43.8 Å². The Hall–Kier alpha value is -3.85. The molecule has 1 fully saturated rings. The van der Waals surface area contributed by atoms with Gasteiger partial charge < -0.3 is 10.2 Å². The molecular weight excluding hydrogens is 653 g/mol. The van der Waals surface area contributed by atoms with Crippen molar-refractivity contribution in [2.45, 2.75) is 69.5 Å². The summed E-state index contributed by atoms with van der Waals surface area (Å²) in [5.74, 6) is -0.820. The standard InChI is InChI=1S/C37H39Cl2N3O4S/c1-26-19-21-31(22-20-26)47(45,46)42(33-18-10-17-32(38)36(33)39)25-35(43)41(24-29-14-7-6-11-27(29)2)34(23-28-12-4-3-5-13-28)37(44)40-30-15-8-9-16-30/h3-7,10-14,17-22,30,34H,8-9,15-16,23-25H2,1-2H3,(H,40,44)/t34-/m1/s1. The third kappa shape index (κ3) is 8.36. The van der Waals surface area contributed by atoms with E-state index >= 15 is 0 Å². The lowest BCUT2D eigenvalue weighted by Crippen LogP contribution is -2.54. The highest BCUT2D eigenvalue weighted by atomic mass is 35.5. The maximum Gasteiger partial charge on any atom is 0.264 e. The fraction of sp³-hybridized carbons (Fsp3) is 0.297. The van der Waals surface area contributed by atoms with Gasteiger partial charge in [0, 0.05) is 19.0 Å². The maximum absolute atomic E-state index is 14.7. The maximum atomic E-state index is 14.7. The van der Waals surface area contributed by atoms with Crippen LogP contribution in [-0.2, 0) is 32.6 Å². The van der Waals surface area contributed by atoms with Gasteiger partial charge >= 0.3 is 0 Å². The van der Waals surface area contributed by atoms with Gasteiger partial charge in [0.1, 0.15) is 12.6 Å². The zero-order valence-corrected chi connectivity index (χ0v) is 28.9. The molecule has 10 heteroatoms. The molecule has 1 atom stereocenters. The number of nitrogens with zero attached hydrogens (tertiary/aromatic N) is 2. The average Bonchev–Trinajstić information content (AvgIpc) is 3.57. The van der Waals surface area contributed by atoms with Gasteiger partial charge in [0.05, 0.1) is 20.6 Å². The van der Waals surface area contributed by atoms with Crippen LogP contribution in [0.5, 0.6) is 0 Å². The zero-order valence-electron chi connectivity index (χ0n) is 26.5. The number of anilines is 1. The lowest BCUT2D eigenvalue weighted by atomic mass is 10.0. The molecule has 4 aromatic rings. The molecule has 2 amide bonds. The van der Waals surface area contributed by atoms with Crippen molar-refractivity contribution in [3.63, 3.8) is 0 Å². The van der Waals surface area contributed by atoms with E-state index in [1.807, 2.05) is 68.4 Å². The molecule has 4 aromatic carbocycles. The fourth-order valence-corrected chi connectivity index (χ4v) is 7.80. The average molecular weight is 693 g/mol. The highest BCUT2D eigenvalue weighted by Gasteiger charge is 2.36. The second-order valence-corrected chi connectivity index (χ2v) is 14.7. The van der Waals surface area contributed by atoms with E-state index in [1.165, 1.54) is 23.1 Å². The largest absolute Gasteiger partial charge is 0.352 e. The number of sulfonamides is 1. The highest BCUT2D eigenvalue weighted by molar-refractivity contribution is 7.92. The van der Waals surface area contributed by atoms with E-state index in [1.54, 1.807) is 24.3 Å². The van der Waals surface area contributed by atoms with Crippen LogP contribution in [0.3, 0.4) is 0 Å². The molecule has 0 spiro atoms. The Morgan fingerprint density at radius 3 is 2.19 bits per heavy atom. The molecule has 1 aliphatic rings. The molecule has 0 saturated heterocycles. The van der Waals surface area contributed by atoms with Crippen molar-refractivity contribution >= 4 is 50.7 Å². The monoisotopic (exact) mass is 691 g/mol. The van der Waals surface area contributed by atoms with Crippen molar-refractivity contribution in [2.24, 2.45) is 0 Å². The van der Waals surface area contributed by atoms with Crippen molar-refractivity contribution in [2.75, 3.05) is 10.8 Å². The van der Waals surface area contributed by atoms with E-state index in [9.17, 15) is 18.0 Å². The molecule has 1 N–H and O–H groups in total. The van der Waals surface area contributed by atoms with Crippen LogP contribution >= 0.6 is 23.2 Å². The summed E-state index contributed by atoms with van der Waals surface area (Å²) in [5.41, 5.74) is 3.62. The van der Waals surface area contributed by atoms with E-state index in [-0.39, 0.29) is 45.5 Å². The molecule has 0 aliphatic heterocycles. The summed E-state index contributed by atoms with van der Waals surface area (Å²) in [6.07, 6.45) is 4.08. The topological polar surface area (TPSA) is 86.8 Å². The Balaban J connectivity index is 1.60. The normalized spacial score (nSPS) is 14.0. The number of carbonyl (C=O) groups is 2. The van der Waals surface area contributed by atoms with Crippen LogP contribution in [0.2, 0.25) is 10.0 Å². The summed E-state index contributed by atoms with van der Waals surface area (Å²) in [5, 5.41) is 3.35. The number of carbonyl (C=O) groups excluding carboxylic acids is 2. The van der Waals surface area contributed by atoms with Crippen molar-refractivity contribution in [1.29, 1.82) is 0 Å². The van der Waals surface area contributed by atoms with E-state index in [0.717, 1.165) is 52.2 Å². The lowest BCUT2D eigenvalue weighted by Gasteiger charge is -2.35. The molecule has 5 rings (SSSR count). The molecule has 1 saturated carbocycles. The smallest absolute Gasteiger partial charge is 0.264 e. The van der Waals surface area contributed by atoms with Gasteiger partial charge in [0.15, 0.2) is 0 Å². The van der Waals surface area contributed by atoms with E-state index < -0.39 is 28.5 Å². The van der Waals surface area contributed by atoms with Gasteiger partial charge in [-0.1, -0.05) is 114 Å². The van der Waals surface area contributed by atoms with Crippen LogP contribution < -0.4 is 9.62 Å². The Labute approximate surface area is 287 Å². The van der Waals surface area contributed by atoms with Gasteiger partial charge in [-0.2, -0.15) is 0 Å². The number of halogens is 2. The first-order valence-corrected chi connectivity index (χ1v) is 18.0. The summed E-state index contributed by atoms with van der Waals surface area (Å²) in [7, 11) is -4.30. The number of rotatable bonds is 12.